The average molecular weight is 308 g/mol. The molecule has 3 heteroatoms. The zero-order chi connectivity index (χ0) is 16.4. The first kappa shape index (κ1) is 15.3. The van der Waals surface area contributed by atoms with Crippen molar-refractivity contribution in [2.45, 2.75) is 26.7 Å². The largest absolute Gasteiger partial charge is 0.513 e. The van der Waals surface area contributed by atoms with Crippen LogP contribution in [0.25, 0.3) is 21.5 Å². The summed E-state index contributed by atoms with van der Waals surface area (Å²) in [6.45, 7) is 4.30. The summed E-state index contributed by atoms with van der Waals surface area (Å²) in [5.74, 6) is 0.572. The number of carbonyl (C=O) groups is 1. The van der Waals surface area contributed by atoms with Crippen LogP contribution in [0.4, 0.5) is 4.79 Å². The molecule has 23 heavy (non-hydrogen) atoms. The fraction of sp³-hybridized carbons (Fsp3) is 0.250. The van der Waals surface area contributed by atoms with Crippen LogP contribution in [0.1, 0.15) is 25.0 Å². The van der Waals surface area contributed by atoms with Crippen LogP contribution in [0.2, 0.25) is 0 Å². The molecule has 3 rings (SSSR count). The molecule has 0 aliphatic carbocycles. The topological polar surface area (TPSA) is 35.5 Å². The molecule has 0 aromatic heterocycles. The summed E-state index contributed by atoms with van der Waals surface area (Å²) >= 11 is 0. The third kappa shape index (κ3) is 2.74. The minimum absolute atomic E-state index is 0.572. The van der Waals surface area contributed by atoms with Crippen molar-refractivity contribution in [1.29, 1.82) is 0 Å². The molecule has 0 bridgehead atoms. The van der Waals surface area contributed by atoms with Gasteiger partial charge in [-0.2, -0.15) is 0 Å². The Morgan fingerprint density at radius 2 is 1.61 bits per heavy atom. The van der Waals surface area contributed by atoms with E-state index in [1.54, 1.807) is 0 Å². The highest BCUT2D eigenvalue weighted by molar-refractivity contribution is 6.06. The van der Waals surface area contributed by atoms with Crippen molar-refractivity contribution in [3.63, 3.8) is 0 Å². The minimum Gasteiger partial charge on any atom is -0.437 e. The second-order valence-corrected chi connectivity index (χ2v) is 5.53. The average Bonchev–Trinajstić information content (AvgIpc) is 2.60. The highest BCUT2D eigenvalue weighted by Crippen LogP contribution is 2.36. The smallest absolute Gasteiger partial charge is 0.437 e. The minimum atomic E-state index is -0.694. The third-order valence-electron chi connectivity index (χ3n) is 4.25. The van der Waals surface area contributed by atoms with Gasteiger partial charge in [-0.15, -0.1) is 0 Å². The number of hydrogen-bond acceptors (Lipinski definition) is 3. The zero-order valence-corrected chi connectivity index (χ0v) is 13.7. The Bertz CT molecular complexity index is 881. The lowest BCUT2D eigenvalue weighted by Gasteiger charge is -2.14. The standard InChI is InChI=1S/C20H20O3/c1-4-13-10-16-11-15-8-6-7-9-17(15)19(23-20(21)22-3)18(16)12-14(13)5-2/h6-12H,4-5H2,1-3H3. The summed E-state index contributed by atoms with van der Waals surface area (Å²) in [7, 11) is 1.32. The highest BCUT2D eigenvalue weighted by Gasteiger charge is 2.15. The quantitative estimate of drug-likeness (QED) is 0.376. The van der Waals surface area contributed by atoms with E-state index in [9.17, 15) is 4.79 Å². The van der Waals surface area contributed by atoms with E-state index in [-0.39, 0.29) is 0 Å². The lowest BCUT2D eigenvalue weighted by molar-refractivity contribution is 0.122. The van der Waals surface area contributed by atoms with Crippen LogP contribution < -0.4 is 4.74 Å². The molecular formula is C20H20O3. The van der Waals surface area contributed by atoms with Gasteiger partial charge in [-0.05, 0) is 46.9 Å². The van der Waals surface area contributed by atoms with Crippen molar-refractivity contribution in [3.05, 3.63) is 53.6 Å². The summed E-state index contributed by atoms with van der Waals surface area (Å²) in [5, 5.41) is 3.99. The molecule has 0 spiro atoms. The van der Waals surface area contributed by atoms with Gasteiger partial charge in [0.1, 0.15) is 5.75 Å². The Hall–Kier alpha value is -2.55. The molecule has 0 amide bonds. The maximum atomic E-state index is 11.7. The van der Waals surface area contributed by atoms with Crippen LogP contribution in [-0.2, 0) is 17.6 Å². The summed E-state index contributed by atoms with van der Waals surface area (Å²) in [4.78, 5) is 11.7. The van der Waals surface area contributed by atoms with E-state index in [0.29, 0.717) is 5.75 Å². The monoisotopic (exact) mass is 308 g/mol. The molecule has 3 aromatic rings. The van der Waals surface area contributed by atoms with Gasteiger partial charge in [-0.25, -0.2) is 4.79 Å². The van der Waals surface area contributed by atoms with E-state index in [1.165, 1.54) is 18.2 Å². The predicted molar refractivity (Wildman–Crippen MR) is 93.2 cm³/mol. The molecule has 0 fully saturated rings. The summed E-state index contributed by atoms with van der Waals surface area (Å²) in [6.07, 6.45) is 1.24. The number of methoxy groups -OCH3 is 1. The Morgan fingerprint density at radius 1 is 0.913 bits per heavy atom. The van der Waals surface area contributed by atoms with Crippen molar-refractivity contribution in [1.82, 2.24) is 0 Å². The van der Waals surface area contributed by atoms with Gasteiger partial charge in [0.05, 0.1) is 7.11 Å². The SMILES string of the molecule is CCc1cc2cc3ccccc3c(OC(=O)OC)c2cc1CC. The molecule has 0 saturated heterocycles. The maximum Gasteiger partial charge on any atom is 0.513 e. The molecule has 0 heterocycles. The van der Waals surface area contributed by atoms with Crippen LogP contribution in [0.3, 0.4) is 0 Å². The van der Waals surface area contributed by atoms with Crippen LogP contribution in [0.5, 0.6) is 5.75 Å². The van der Waals surface area contributed by atoms with Crippen molar-refractivity contribution in [2.75, 3.05) is 7.11 Å². The normalized spacial score (nSPS) is 10.9. The summed E-state index contributed by atoms with van der Waals surface area (Å²) < 4.78 is 10.2. The zero-order valence-electron chi connectivity index (χ0n) is 13.7. The Kier molecular flexibility index (Phi) is 4.20. The number of fused-ring (bicyclic) bond motifs is 2. The molecule has 3 nitrogen and oxygen atoms in total. The van der Waals surface area contributed by atoms with Gasteiger partial charge in [-0.1, -0.05) is 44.2 Å². The van der Waals surface area contributed by atoms with Crippen molar-refractivity contribution in [3.8, 4) is 5.75 Å². The fourth-order valence-corrected chi connectivity index (χ4v) is 3.06. The molecule has 3 aromatic carbocycles. The van der Waals surface area contributed by atoms with E-state index in [1.807, 2.05) is 24.3 Å². The first-order chi connectivity index (χ1) is 11.2. The fourth-order valence-electron chi connectivity index (χ4n) is 3.06. The van der Waals surface area contributed by atoms with Gasteiger partial charge in [0.25, 0.3) is 0 Å². The molecule has 118 valence electrons. The maximum absolute atomic E-state index is 11.7. The summed E-state index contributed by atoms with van der Waals surface area (Å²) in [6, 6.07) is 14.4. The molecule has 0 saturated carbocycles. The number of carbonyl (C=O) groups excluding carboxylic acids is 1. The van der Waals surface area contributed by atoms with Crippen molar-refractivity contribution < 1.29 is 14.3 Å². The highest BCUT2D eigenvalue weighted by atomic mass is 16.7. The number of hydrogen-bond donors (Lipinski definition) is 0. The molecule has 0 radical (unpaired) electrons. The first-order valence-corrected chi connectivity index (χ1v) is 7.91. The lowest BCUT2D eigenvalue weighted by Crippen LogP contribution is -2.08. The number of benzene rings is 3. The first-order valence-electron chi connectivity index (χ1n) is 7.91. The second kappa shape index (κ2) is 6.29. The van der Waals surface area contributed by atoms with E-state index in [0.717, 1.165) is 34.4 Å². The van der Waals surface area contributed by atoms with Crippen molar-refractivity contribution >= 4 is 27.7 Å². The molecular weight excluding hydrogens is 288 g/mol. The van der Waals surface area contributed by atoms with E-state index in [4.69, 9.17) is 9.47 Å². The molecule has 0 N–H and O–H groups in total. The number of rotatable bonds is 3. The molecule has 0 aliphatic heterocycles. The van der Waals surface area contributed by atoms with E-state index < -0.39 is 6.16 Å². The number of ether oxygens (including phenoxy) is 2. The molecule has 0 aliphatic rings. The Labute approximate surface area is 135 Å². The van der Waals surface area contributed by atoms with Gasteiger partial charge in [0, 0.05) is 10.8 Å². The van der Waals surface area contributed by atoms with Gasteiger partial charge >= 0.3 is 6.16 Å². The summed E-state index contributed by atoms with van der Waals surface area (Å²) in [5.41, 5.74) is 2.62. The van der Waals surface area contributed by atoms with Gasteiger partial charge < -0.3 is 9.47 Å². The van der Waals surface area contributed by atoms with Crippen molar-refractivity contribution in [2.24, 2.45) is 0 Å². The Morgan fingerprint density at radius 3 is 2.30 bits per heavy atom. The van der Waals surface area contributed by atoms with E-state index in [2.05, 4.69) is 32.0 Å². The predicted octanol–water partition coefficient (Wildman–Crippen LogP) is 5.26. The number of aryl methyl sites for hydroxylation is 2. The lowest BCUT2D eigenvalue weighted by atomic mass is 9.95. The second-order valence-electron chi connectivity index (χ2n) is 5.53. The van der Waals surface area contributed by atoms with Crippen LogP contribution in [-0.4, -0.2) is 13.3 Å². The Balaban J connectivity index is 2.37. The van der Waals surface area contributed by atoms with Crippen LogP contribution >= 0.6 is 0 Å². The van der Waals surface area contributed by atoms with Gasteiger partial charge in [0.15, 0.2) is 0 Å². The molecule has 0 unspecified atom stereocenters. The van der Waals surface area contributed by atoms with Gasteiger partial charge in [-0.3, -0.25) is 0 Å². The molecule has 0 atom stereocenters. The van der Waals surface area contributed by atoms with Gasteiger partial charge in [0.2, 0.25) is 0 Å². The van der Waals surface area contributed by atoms with E-state index >= 15 is 0 Å². The van der Waals surface area contributed by atoms with Crippen LogP contribution in [0.15, 0.2) is 42.5 Å². The van der Waals surface area contributed by atoms with Crippen LogP contribution in [0, 0.1) is 0 Å². The third-order valence-corrected chi connectivity index (χ3v) is 4.25.